The molecule has 3 unspecified atom stereocenters. The predicted octanol–water partition coefficient (Wildman–Crippen LogP) is 3.64. The molecule has 0 spiro atoms. The minimum atomic E-state index is 0.607. The molecular formula is C11H15ClN2S. The van der Waals surface area contributed by atoms with E-state index in [0.717, 1.165) is 29.4 Å². The monoisotopic (exact) mass is 242 g/mol. The molecule has 3 atom stereocenters. The maximum atomic E-state index is 5.78. The average molecular weight is 243 g/mol. The smallest absolute Gasteiger partial charge is 0.184 e. The number of rotatable bonds is 3. The van der Waals surface area contributed by atoms with Crippen molar-refractivity contribution < 1.29 is 0 Å². The number of fused-ring (bicyclic) bond motifs is 2. The van der Waals surface area contributed by atoms with Crippen LogP contribution < -0.4 is 5.32 Å². The summed E-state index contributed by atoms with van der Waals surface area (Å²) in [5.74, 6) is 2.89. The van der Waals surface area contributed by atoms with E-state index in [1.165, 1.54) is 25.7 Å². The van der Waals surface area contributed by atoms with Crippen LogP contribution in [0, 0.1) is 17.8 Å². The lowest BCUT2D eigenvalue weighted by atomic mass is 9.89. The first-order valence-electron chi connectivity index (χ1n) is 5.66. The van der Waals surface area contributed by atoms with Gasteiger partial charge in [0, 0.05) is 11.9 Å². The third-order valence-corrected chi connectivity index (χ3v) is 5.00. The van der Waals surface area contributed by atoms with E-state index in [9.17, 15) is 0 Å². The Morgan fingerprint density at radius 1 is 1.47 bits per heavy atom. The molecule has 0 amide bonds. The standard InChI is InChI=1S/C11H15ClN2S/c12-10-6-15-11(14-10)13-5-9-4-7-1-2-8(9)3-7/h6-9H,1-5H2,(H,13,14). The molecular weight excluding hydrogens is 228 g/mol. The minimum absolute atomic E-state index is 0.607. The van der Waals surface area contributed by atoms with Crippen LogP contribution in [-0.2, 0) is 0 Å². The molecule has 3 rings (SSSR count). The van der Waals surface area contributed by atoms with E-state index in [0.29, 0.717) is 5.15 Å². The molecule has 2 nitrogen and oxygen atoms in total. The van der Waals surface area contributed by atoms with Gasteiger partial charge in [0.1, 0.15) is 5.15 Å². The molecule has 0 aromatic carbocycles. The van der Waals surface area contributed by atoms with Crippen LogP contribution in [0.25, 0.3) is 0 Å². The number of anilines is 1. The first-order valence-corrected chi connectivity index (χ1v) is 6.92. The Labute approximate surface area is 99.1 Å². The molecule has 2 saturated carbocycles. The quantitative estimate of drug-likeness (QED) is 0.875. The summed E-state index contributed by atoms with van der Waals surface area (Å²) in [6.45, 7) is 1.09. The first-order chi connectivity index (χ1) is 7.31. The van der Waals surface area contributed by atoms with Crippen LogP contribution in [0.4, 0.5) is 5.13 Å². The fraction of sp³-hybridized carbons (Fsp3) is 0.727. The molecule has 2 aliphatic rings. The van der Waals surface area contributed by atoms with E-state index >= 15 is 0 Å². The van der Waals surface area contributed by atoms with Gasteiger partial charge in [-0.05, 0) is 37.0 Å². The maximum Gasteiger partial charge on any atom is 0.184 e. The Bertz CT molecular complexity index is 352. The molecule has 0 aliphatic heterocycles. The fourth-order valence-corrected chi connectivity index (χ4v) is 4.03. The van der Waals surface area contributed by atoms with Crippen LogP contribution >= 0.6 is 22.9 Å². The van der Waals surface area contributed by atoms with Crippen molar-refractivity contribution in [2.75, 3.05) is 11.9 Å². The van der Waals surface area contributed by atoms with Gasteiger partial charge in [-0.15, -0.1) is 11.3 Å². The van der Waals surface area contributed by atoms with Gasteiger partial charge >= 0.3 is 0 Å². The summed E-state index contributed by atoms with van der Waals surface area (Å²) in [7, 11) is 0. The second-order valence-electron chi connectivity index (χ2n) is 4.79. The summed E-state index contributed by atoms with van der Waals surface area (Å²) < 4.78 is 0. The molecule has 2 bridgehead atoms. The lowest BCUT2D eigenvalue weighted by Gasteiger charge is -2.21. The summed E-state index contributed by atoms with van der Waals surface area (Å²) >= 11 is 7.38. The molecule has 1 heterocycles. The topological polar surface area (TPSA) is 24.9 Å². The molecule has 15 heavy (non-hydrogen) atoms. The van der Waals surface area contributed by atoms with Crippen LogP contribution in [0.1, 0.15) is 25.7 Å². The van der Waals surface area contributed by atoms with Crippen molar-refractivity contribution in [3.05, 3.63) is 10.5 Å². The van der Waals surface area contributed by atoms with Gasteiger partial charge in [-0.2, -0.15) is 0 Å². The lowest BCUT2D eigenvalue weighted by molar-refractivity contribution is 0.348. The highest BCUT2D eigenvalue weighted by atomic mass is 35.5. The second kappa shape index (κ2) is 3.95. The Morgan fingerprint density at radius 2 is 2.40 bits per heavy atom. The summed E-state index contributed by atoms with van der Waals surface area (Å²) in [6, 6.07) is 0. The van der Waals surface area contributed by atoms with Gasteiger partial charge in [-0.3, -0.25) is 0 Å². The summed E-state index contributed by atoms with van der Waals surface area (Å²) in [4.78, 5) is 4.21. The molecule has 0 radical (unpaired) electrons. The summed E-state index contributed by atoms with van der Waals surface area (Å²) in [5, 5.41) is 6.88. The zero-order chi connectivity index (χ0) is 10.3. The van der Waals surface area contributed by atoms with Gasteiger partial charge in [0.2, 0.25) is 0 Å². The second-order valence-corrected chi connectivity index (χ2v) is 6.04. The van der Waals surface area contributed by atoms with Crippen LogP contribution in [0.3, 0.4) is 0 Å². The average Bonchev–Trinajstić information content (AvgIpc) is 2.90. The number of hydrogen-bond acceptors (Lipinski definition) is 3. The molecule has 1 aromatic heterocycles. The van der Waals surface area contributed by atoms with E-state index in [-0.39, 0.29) is 0 Å². The predicted molar refractivity (Wildman–Crippen MR) is 64.6 cm³/mol. The van der Waals surface area contributed by atoms with Crippen LogP contribution in [-0.4, -0.2) is 11.5 Å². The van der Waals surface area contributed by atoms with E-state index in [1.54, 1.807) is 11.3 Å². The number of hydrogen-bond donors (Lipinski definition) is 1. The molecule has 2 fully saturated rings. The zero-order valence-corrected chi connectivity index (χ0v) is 10.2. The van der Waals surface area contributed by atoms with Crippen LogP contribution in [0.2, 0.25) is 5.15 Å². The Hall–Kier alpha value is -0.280. The number of nitrogens with one attached hydrogen (secondary N) is 1. The van der Waals surface area contributed by atoms with Crippen molar-refractivity contribution >= 4 is 28.1 Å². The van der Waals surface area contributed by atoms with Gasteiger partial charge in [0.05, 0.1) is 0 Å². The van der Waals surface area contributed by atoms with Crippen molar-refractivity contribution in [3.63, 3.8) is 0 Å². The van der Waals surface area contributed by atoms with Crippen molar-refractivity contribution in [1.29, 1.82) is 0 Å². The first kappa shape index (κ1) is 9.91. The number of aromatic nitrogens is 1. The SMILES string of the molecule is Clc1csc(NCC2CC3CCC2C3)n1. The molecule has 0 saturated heterocycles. The van der Waals surface area contributed by atoms with Crippen molar-refractivity contribution in [3.8, 4) is 0 Å². The van der Waals surface area contributed by atoms with Crippen LogP contribution in [0.15, 0.2) is 5.38 Å². The Kier molecular flexibility index (Phi) is 2.61. The Morgan fingerprint density at radius 3 is 3.00 bits per heavy atom. The third kappa shape index (κ3) is 2.00. The van der Waals surface area contributed by atoms with Crippen molar-refractivity contribution in [2.45, 2.75) is 25.7 Å². The largest absolute Gasteiger partial charge is 0.361 e. The summed E-state index contributed by atoms with van der Waals surface area (Å²) in [5.41, 5.74) is 0. The third-order valence-electron chi connectivity index (χ3n) is 3.88. The molecule has 82 valence electrons. The van der Waals surface area contributed by atoms with E-state index in [1.807, 2.05) is 5.38 Å². The van der Waals surface area contributed by atoms with Crippen molar-refractivity contribution in [2.24, 2.45) is 17.8 Å². The molecule has 2 aliphatic carbocycles. The van der Waals surface area contributed by atoms with E-state index < -0.39 is 0 Å². The zero-order valence-electron chi connectivity index (χ0n) is 8.58. The Balaban J connectivity index is 1.54. The van der Waals surface area contributed by atoms with Gasteiger partial charge in [0.15, 0.2) is 5.13 Å². The summed E-state index contributed by atoms with van der Waals surface area (Å²) in [6.07, 6.45) is 5.83. The van der Waals surface area contributed by atoms with Crippen molar-refractivity contribution in [1.82, 2.24) is 4.98 Å². The van der Waals surface area contributed by atoms with E-state index in [2.05, 4.69) is 10.3 Å². The molecule has 1 N–H and O–H groups in total. The number of nitrogens with zero attached hydrogens (tertiary/aromatic N) is 1. The minimum Gasteiger partial charge on any atom is -0.361 e. The normalized spacial score (nSPS) is 33.5. The van der Waals surface area contributed by atoms with Gasteiger partial charge in [0.25, 0.3) is 0 Å². The number of halogens is 1. The van der Waals surface area contributed by atoms with Gasteiger partial charge < -0.3 is 5.32 Å². The highest BCUT2D eigenvalue weighted by Gasteiger charge is 2.39. The maximum absolute atomic E-state index is 5.78. The molecule has 1 aromatic rings. The van der Waals surface area contributed by atoms with Crippen LogP contribution in [0.5, 0.6) is 0 Å². The fourth-order valence-electron chi connectivity index (χ4n) is 3.18. The van der Waals surface area contributed by atoms with E-state index in [4.69, 9.17) is 11.6 Å². The van der Waals surface area contributed by atoms with Gasteiger partial charge in [-0.25, -0.2) is 4.98 Å². The molecule has 4 heteroatoms. The lowest BCUT2D eigenvalue weighted by Crippen LogP contribution is -2.19. The highest BCUT2D eigenvalue weighted by Crippen LogP contribution is 2.48. The van der Waals surface area contributed by atoms with Gasteiger partial charge in [-0.1, -0.05) is 18.0 Å². The number of thiazole rings is 1. The highest BCUT2D eigenvalue weighted by molar-refractivity contribution is 7.14.